The van der Waals surface area contributed by atoms with Crippen LogP contribution in [0.5, 0.6) is 0 Å². The highest BCUT2D eigenvalue weighted by atomic mass is 32.1. The van der Waals surface area contributed by atoms with Gasteiger partial charge in [0.05, 0.1) is 22.7 Å². The molecule has 0 saturated heterocycles. The SMILES string of the molecule is CN(F)C(=O)Cc1ccc2cc(C(=O)Nc3cc(-c4ccccc4)ccc3N)sc2c1. The van der Waals surface area contributed by atoms with Gasteiger partial charge >= 0.3 is 0 Å². The van der Waals surface area contributed by atoms with Crippen molar-refractivity contribution in [2.24, 2.45) is 0 Å². The molecule has 4 aromatic rings. The highest BCUT2D eigenvalue weighted by Gasteiger charge is 2.14. The number of carbonyl (C=O) groups excluding carboxylic acids is 2. The van der Waals surface area contributed by atoms with Gasteiger partial charge in [0.2, 0.25) is 0 Å². The molecule has 4 rings (SSSR count). The Morgan fingerprint density at radius 2 is 1.77 bits per heavy atom. The number of anilines is 2. The normalized spacial score (nSPS) is 10.8. The Morgan fingerprint density at radius 3 is 2.52 bits per heavy atom. The molecule has 2 amide bonds. The molecule has 5 nitrogen and oxygen atoms in total. The van der Waals surface area contributed by atoms with Crippen molar-refractivity contribution in [3.05, 3.63) is 83.2 Å². The van der Waals surface area contributed by atoms with Crippen LogP contribution in [0.3, 0.4) is 0 Å². The summed E-state index contributed by atoms with van der Waals surface area (Å²) in [6.07, 6.45) is -0.0365. The lowest BCUT2D eigenvalue weighted by atomic mass is 10.0. The Kier molecular flexibility index (Phi) is 5.68. The van der Waals surface area contributed by atoms with Crippen LogP contribution < -0.4 is 11.1 Å². The first-order valence-electron chi connectivity index (χ1n) is 9.62. The van der Waals surface area contributed by atoms with E-state index < -0.39 is 5.91 Å². The van der Waals surface area contributed by atoms with Crippen molar-refractivity contribution < 1.29 is 14.1 Å². The second kappa shape index (κ2) is 8.57. The topological polar surface area (TPSA) is 75.4 Å². The van der Waals surface area contributed by atoms with E-state index in [1.807, 2.05) is 54.6 Å². The maximum Gasteiger partial charge on any atom is 0.265 e. The highest BCUT2D eigenvalue weighted by molar-refractivity contribution is 7.20. The van der Waals surface area contributed by atoms with E-state index in [1.165, 1.54) is 11.3 Å². The van der Waals surface area contributed by atoms with E-state index in [2.05, 4.69) is 5.32 Å². The van der Waals surface area contributed by atoms with Crippen molar-refractivity contribution in [1.29, 1.82) is 0 Å². The Balaban J connectivity index is 1.57. The maximum absolute atomic E-state index is 13.0. The Hall–Kier alpha value is -3.71. The molecule has 3 N–H and O–H groups in total. The quantitative estimate of drug-likeness (QED) is 0.332. The smallest absolute Gasteiger partial charge is 0.265 e. The molecule has 3 aromatic carbocycles. The van der Waals surface area contributed by atoms with Gasteiger partial charge in [0.1, 0.15) is 0 Å². The van der Waals surface area contributed by atoms with Gasteiger partial charge in [0, 0.05) is 11.7 Å². The van der Waals surface area contributed by atoms with Crippen LogP contribution in [0.1, 0.15) is 15.2 Å². The number of nitrogens with zero attached hydrogens (tertiary/aromatic N) is 1. The largest absolute Gasteiger partial charge is 0.397 e. The van der Waals surface area contributed by atoms with Crippen LogP contribution >= 0.6 is 11.3 Å². The van der Waals surface area contributed by atoms with Gasteiger partial charge in [-0.05, 0) is 46.3 Å². The Labute approximate surface area is 182 Å². The van der Waals surface area contributed by atoms with E-state index in [0.29, 0.717) is 21.8 Å². The summed E-state index contributed by atoms with van der Waals surface area (Å²) in [5, 5.41) is 3.85. The summed E-state index contributed by atoms with van der Waals surface area (Å²) < 4.78 is 13.9. The lowest BCUT2D eigenvalue weighted by Gasteiger charge is -2.10. The van der Waals surface area contributed by atoms with E-state index in [-0.39, 0.29) is 17.5 Å². The number of halogens is 1. The molecule has 31 heavy (non-hydrogen) atoms. The number of thiophene rings is 1. The molecule has 0 aliphatic carbocycles. The molecular formula is C24H20FN3O2S. The molecule has 0 spiro atoms. The van der Waals surface area contributed by atoms with E-state index in [1.54, 1.807) is 18.2 Å². The van der Waals surface area contributed by atoms with Gasteiger partial charge in [-0.2, -0.15) is 5.12 Å². The average molecular weight is 434 g/mol. The third kappa shape index (κ3) is 4.57. The molecule has 0 saturated carbocycles. The number of carbonyl (C=O) groups is 2. The van der Waals surface area contributed by atoms with Crippen LogP contribution in [0, 0.1) is 0 Å². The summed E-state index contributed by atoms with van der Waals surface area (Å²) in [5.41, 5.74) is 9.77. The van der Waals surface area contributed by atoms with Gasteiger partial charge in [-0.3, -0.25) is 9.59 Å². The number of likely N-dealkylation sites (N-methyl/N-ethyl adjacent to an activating group) is 1. The molecule has 0 fully saturated rings. The zero-order valence-electron chi connectivity index (χ0n) is 16.8. The summed E-state index contributed by atoms with van der Waals surface area (Å²) in [6.45, 7) is 0. The number of fused-ring (bicyclic) bond motifs is 1. The third-order valence-corrected chi connectivity index (χ3v) is 6.01. The lowest BCUT2D eigenvalue weighted by Crippen LogP contribution is -2.19. The monoisotopic (exact) mass is 433 g/mol. The minimum atomic E-state index is -0.623. The number of hydrogen-bond donors (Lipinski definition) is 2. The minimum Gasteiger partial charge on any atom is -0.397 e. The summed E-state index contributed by atoms with van der Waals surface area (Å²) in [4.78, 5) is 25.0. The number of hydrogen-bond acceptors (Lipinski definition) is 4. The van der Waals surface area contributed by atoms with E-state index >= 15 is 0 Å². The molecule has 1 heterocycles. The van der Waals surface area contributed by atoms with Crippen molar-refractivity contribution in [3.8, 4) is 11.1 Å². The zero-order chi connectivity index (χ0) is 22.0. The van der Waals surface area contributed by atoms with Crippen LogP contribution in [-0.2, 0) is 11.2 Å². The van der Waals surface area contributed by atoms with Crippen molar-refractivity contribution in [1.82, 2.24) is 5.12 Å². The molecule has 0 aliphatic rings. The molecule has 0 atom stereocenters. The van der Waals surface area contributed by atoms with Gasteiger partial charge in [0.15, 0.2) is 0 Å². The minimum absolute atomic E-state index is 0.0365. The first-order valence-corrected chi connectivity index (χ1v) is 10.4. The third-order valence-electron chi connectivity index (χ3n) is 4.92. The summed E-state index contributed by atoms with van der Waals surface area (Å²) in [6, 6.07) is 22.6. The van der Waals surface area contributed by atoms with E-state index in [4.69, 9.17) is 5.73 Å². The first-order chi connectivity index (χ1) is 14.9. The van der Waals surface area contributed by atoms with Crippen LogP contribution in [0.15, 0.2) is 72.8 Å². The number of nitrogens with one attached hydrogen (secondary N) is 1. The number of benzene rings is 3. The predicted molar refractivity (Wildman–Crippen MR) is 124 cm³/mol. The fourth-order valence-electron chi connectivity index (χ4n) is 3.24. The second-order valence-corrected chi connectivity index (χ2v) is 8.24. The van der Waals surface area contributed by atoms with Gasteiger partial charge in [0.25, 0.3) is 11.8 Å². The predicted octanol–water partition coefficient (Wildman–Crippen LogP) is 5.29. The van der Waals surface area contributed by atoms with Crippen LogP contribution in [0.2, 0.25) is 0 Å². The van der Waals surface area contributed by atoms with E-state index in [9.17, 15) is 14.1 Å². The molecular weight excluding hydrogens is 413 g/mol. The summed E-state index contributed by atoms with van der Waals surface area (Å²) >= 11 is 1.31. The van der Waals surface area contributed by atoms with Crippen molar-refractivity contribution in [2.75, 3.05) is 18.1 Å². The fourth-order valence-corrected chi connectivity index (χ4v) is 4.26. The van der Waals surface area contributed by atoms with Gasteiger partial charge < -0.3 is 11.1 Å². The Bertz CT molecular complexity index is 1270. The fraction of sp³-hybridized carbons (Fsp3) is 0.0833. The average Bonchev–Trinajstić information content (AvgIpc) is 3.19. The Morgan fingerprint density at radius 1 is 1.00 bits per heavy atom. The van der Waals surface area contributed by atoms with E-state index in [0.717, 1.165) is 28.3 Å². The molecule has 1 aromatic heterocycles. The lowest BCUT2D eigenvalue weighted by molar-refractivity contribution is -0.142. The van der Waals surface area contributed by atoms with Crippen molar-refractivity contribution in [3.63, 3.8) is 0 Å². The van der Waals surface area contributed by atoms with Crippen molar-refractivity contribution >= 4 is 44.6 Å². The van der Waals surface area contributed by atoms with Gasteiger partial charge in [-0.1, -0.05) is 53.0 Å². The first kappa shape index (κ1) is 20.6. The van der Waals surface area contributed by atoms with Gasteiger partial charge in [-0.15, -0.1) is 11.3 Å². The molecule has 0 unspecified atom stereocenters. The molecule has 156 valence electrons. The summed E-state index contributed by atoms with van der Waals surface area (Å²) in [7, 11) is 1.08. The molecule has 0 radical (unpaired) electrons. The zero-order valence-corrected chi connectivity index (χ0v) is 17.6. The van der Waals surface area contributed by atoms with Gasteiger partial charge in [-0.25, -0.2) is 0 Å². The second-order valence-electron chi connectivity index (χ2n) is 7.15. The molecule has 0 bridgehead atoms. The van der Waals surface area contributed by atoms with Crippen LogP contribution in [0.4, 0.5) is 15.9 Å². The summed E-state index contributed by atoms with van der Waals surface area (Å²) in [5.74, 6) is -0.887. The number of rotatable bonds is 5. The van der Waals surface area contributed by atoms with Crippen molar-refractivity contribution in [2.45, 2.75) is 6.42 Å². The number of nitrogen functional groups attached to an aromatic ring is 1. The molecule has 0 aliphatic heterocycles. The standard InChI is InChI=1S/C24H20FN3O2S/c1-28(25)23(29)12-15-7-8-18-14-22(31-21(18)11-15)24(30)27-20-13-17(9-10-19(20)26)16-5-3-2-4-6-16/h2-11,13-14H,12,26H2,1H3,(H,27,30). The molecule has 7 heteroatoms. The number of nitrogens with two attached hydrogens (primary N) is 1. The van der Waals surface area contributed by atoms with Crippen LogP contribution in [-0.4, -0.2) is 24.0 Å². The number of amides is 2. The maximum atomic E-state index is 13.0. The van der Waals surface area contributed by atoms with Crippen LogP contribution in [0.25, 0.3) is 21.2 Å². The highest BCUT2D eigenvalue weighted by Crippen LogP contribution is 2.30.